The highest BCUT2D eigenvalue weighted by Crippen LogP contribution is 2.57. The largest absolute Gasteiger partial charge is 0.505 e. The number of phenols is 1. The first kappa shape index (κ1) is 23.2. The van der Waals surface area contributed by atoms with E-state index in [9.17, 15) is 27.8 Å². The fraction of sp³-hybridized carbons (Fsp3) is 0.417. The average molecular weight is 463 g/mol. The minimum atomic E-state index is -5.01. The molecule has 1 aromatic heterocycles. The van der Waals surface area contributed by atoms with Crippen LogP contribution in [0.3, 0.4) is 0 Å². The Balaban J connectivity index is 1.96. The van der Waals surface area contributed by atoms with Gasteiger partial charge in [-0.1, -0.05) is 32.9 Å². The molecule has 0 saturated carbocycles. The third kappa shape index (κ3) is 3.58. The number of hydrogen-bond donors (Lipinski definition) is 3. The van der Waals surface area contributed by atoms with Gasteiger partial charge in [-0.3, -0.25) is 0 Å². The zero-order valence-corrected chi connectivity index (χ0v) is 18.7. The summed E-state index contributed by atoms with van der Waals surface area (Å²) < 4.78 is 57.6. The van der Waals surface area contributed by atoms with Crippen molar-refractivity contribution in [1.82, 2.24) is 9.97 Å². The number of benzene rings is 2. The third-order valence-electron chi connectivity index (χ3n) is 6.41. The van der Waals surface area contributed by atoms with Crippen molar-refractivity contribution in [3.8, 4) is 5.75 Å². The summed E-state index contributed by atoms with van der Waals surface area (Å²) in [4.78, 5) is 8.66. The molecular weight excluding hydrogens is 438 g/mol. The molecule has 1 aliphatic rings. The lowest BCUT2D eigenvalue weighted by Crippen LogP contribution is -2.58. The molecule has 0 bridgehead atoms. The molecule has 2 unspecified atom stereocenters. The molecule has 2 atom stereocenters. The molecule has 0 spiro atoms. The number of nitrogens with zero attached hydrogens (tertiary/aromatic N) is 2. The number of aryl methyl sites for hydroxylation is 2. The van der Waals surface area contributed by atoms with Crippen molar-refractivity contribution in [1.29, 1.82) is 0 Å². The Bertz CT molecular complexity index is 1240. The molecule has 3 aromatic rings. The summed E-state index contributed by atoms with van der Waals surface area (Å²) in [5.74, 6) is -0.990. The maximum Gasteiger partial charge on any atom is 0.419 e. The monoisotopic (exact) mass is 463 g/mol. The molecule has 3 N–H and O–H groups in total. The van der Waals surface area contributed by atoms with Crippen LogP contribution in [0.4, 0.5) is 23.2 Å². The molecule has 33 heavy (non-hydrogen) atoms. The molecule has 176 valence electrons. The van der Waals surface area contributed by atoms with Gasteiger partial charge in [0.2, 0.25) is 0 Å². The Morgan fingerprint density at radius 1 is 1.24 bits per heavy atom. The van der Waals surface area contributed by atoms with E-state index in [1.54, 1.807) is 18.2 Å². The maximum absolute atomic E-state index is 14.6. The summed E-state index contributed by atoms with van der Waals surface area (Å²) >= 11 is 0. The number of fused-ring (bicyclic) bond motifs is 2. The number of halogens is 4. The molecule has 0 amide bonds. The van der Waals surface area contributed by atoms with Crippen LogP contribution in [0.5, 0.6) is 5.75 Å². The quantitative estimate of drug-likeness (QED) is 0.449. The van der Waals surface area contributed by atoms with Gasteiger partial charge in [-0.25, -0.2) is 14.4 Å². The predicted molar refractivity (Wildman–Crippen MR) is 117 cm³/mol. The minimum absolute atomic E-state index is 0.00873. The van der Waals surface area contributed by atoms with E-state index in [2.05, 4.69) is 15.3 Å². The van der Waals surface area contributed by atoms with Crippen LogP contribution in [-0.4, -0.2) is 32.0 Å². The van der Waals surface area contributed by atoms with E-state index in [1.165, 1.54) is 33.0 Å². The Labute approximate surface area is 188 Å². The van der Waals surface area contributed by atoms with Crippen LogP contribution in [-0.2, 0) is 11.8 Å². The molecule has 1 heterocycles. The van der Waals surface area contributed by atoms with Crippen molar-refractivity contribution in [2.75, 3.05) is 5.32 Å². The summed E-state index contributed by atoms with van der Waals surface area (Å²) in [6, 6.07) is 4.49. The van der Waals surface area contributed by atoms with Gasteiger partial charge in [0.15, 0.2) is 17.2 Å². The highest BCUT2D eigenvalue weighted by Gasteiger charge is 2.64. The van der Waals surface area contributed by atoms with Crippen LogP contribution in [0, 0.1) is 12.7 Å². The van der Waals surface area contributed by atoms with E-state index in [1.807, 2.05) is 6.92 Å². The molecule has 0 aliphatic heterocycles. The van der Waals surface area contributed by atoms with Crippen LogP contribution in [0.1, 0.15) is 55.7 Å². The maximum atomic E-state index is 14.6. The fourth-order valence-corrected chi connectivity index (χ4v) is 4.87. The van der Waals surface area contributed by atoms with Gasteiger partial charge in [0, 0.05) is 29.3 Å². The summed E-state index contributed by atoms with van der Waals surface area (Å²) in [5.41, 5.74) is -3.70. The van der Waals surface area contributed by atoms with Crippen LogP contribution < -0.4 is 5.32 Å². The van der Waals surface area contributed by atoms with Gasteiger partial charge in [0.25, 0.3) is 0 Å². The Morgan fingerprint density at radius 3 is 2.58 bits per heavy atom. The molecule has 9 heteroatoms. The van der Waals surface area contributed by atoms with Gasteiger partial charge in [-0.2, -0.15) is 13.2 Å². The smallest absolute Gasteiger partial charge is 0.419 e. The van der Waals surface area contributed by atoms with Gasteiger partial charge >= 0.3 is 6.18 Å². The first-order valence-electron chi connectivity index (χ1n) is 10.6. The molecular formula is C24H25F4N3O2. The Hall–Kier alpha value is -2.94. The number of aliphatic hydroxyl groups is 1. The molecule has 4 rings (SSSR count). The standard InChI is InChI=1S/C24H25F4N3O2/c1-5-17-29-10-14-15(30-17)7-6-8-16(14)31-21-13-9-12(2)19(25)20(32)18(13)22(3,4)11-23(21,33)24(26,27)28/h6-10,21,31-33H,5,11H2,1-4H3. The van der Waals surface area contributed by atoms with E-state index in [0.717, 1.165) is 0 Å². The van der Waals surface area contributed by atoms with Gasteiger partial charge in [0.05, 0.1) is 11.6 Å². The summed E-state index contributed by atoms with van der Waals surface area (Å²) in [7, 11) is 0. The number of nitrogens with one attached hydrogen (secondary N) is 1. The number of hydrogen-bond acceptors (Lipinski definition) is 5. The van der Waals surface area contributed by atoms with E-state index in [0.29, 0.717) is 23.1 Å². The highest BCUT2D eigenvalue weighted by atomic mass is 19.4. The Kier molecular flexibility index (Phi) is 5.31. The molecule has 0 radical (unpaired) electrons. The zero-order valence-electron chi connectivity index (χ0n) is 18.7. The minimum Gasteiger partial charge on any atom is -0.505 e. The molecule has 0 fully saturated rings. The van der Waals surface area contributed by atoms with E-state index in [4.69, 9.17) is 0 Å². The van der Waals surface area contributed by atoms with Gasteiger partial charge in [0.1, 0.15) is 5.82 Å². The summed E-state index contributed by atoms with van der Waals surface area (Å²) in [6.07, 6.45) is -3.66. The SMILES string of the molecule is CCc1ncc2c(NC3c4cc(C)c(F)c(O)c4C(C)(C)CC3(O)C(F)(F)F)cccc2n1. The lowest BCUT2D eigenvalue weighted by Gasteiger charge is -2.49. The number of aromatic nitrogens is 2. The number of anilines is 1. The van der Waals surface area contributed by atoms with Crippen molar-refractivity contribution >= 4 is 16.6 Å². The predicted octanol–water partition coefficient (Wildman–Crippen LogP) is 5.47. The number of aromatic hydroxyl groups is 1. The lowest BCUT2D eigenvalue weighted by molar-refractivity contribution is -0.276. The fourth-order valence-electron chi connectivity index (χ4n) is 4.87. The van der Waals surface area contributed by atoms with Crippen LogP contribution in [0.25, 0.3) is 10.9 Å². The molecule has 1 aliphatic carbocycles. The van der Waals surface area contributed by atoms with Crippen molar-refractivity contribution < 1.29 is 27.8 Å². The second-order valence-corrected chi connectivity index (χ2v) is 9.26. The van der Waals surface area contributed by atoms with E-state index < -0.39 is 41.2 Å². The number of rotatable bonds is 3. The topological polar surface area (TPSA) is 78.3 Å². The van der Waals surface area contributed by atoms with Crippen molar-refractivity contribution in [2.45, 2.75) is 63.8 Å². The first-order chi connectivity index (χ1) is 15.3. The van der Waals surface area contributed by atoms with Gasteiger partial charge in [-0.05, 0) is 42.0 Å². The van der Waals surface area contributed by atoms with Crippen LogP contribution >= 0.6 is 0 Å². The average Bonchev–Trinajstić information content (AvgIpc) is 2.72. The molecule has 5 nitrogen and oxygen atoms in total. The number of phenolic OH excluding ortho intramolecular Hbond substituents is 1. The lowest BCUT2D eigenvalue weighted by atomic mass is 9.63. The Morgan fingerprint density at radius 2 is 1.94 bits per heavy atom. The van der Waals surface area contributed by atoms with Crippen LogP contribution in [0.15, 0.2) is 30.5 Å². The zero-order chi connectivity index (χ0) is 24.3. The van der Waals surface area contributed by atoms with Crippen molar-refractivity contribution in [3.05, 3.63) is 58.8 Å². The van der Waals surface area contributed by atoms with Gasteiger partial charge in [-0.15, -0.1) is 0 Å². The summed E-state index contributed by atoms with van der Waals surface area (Å²) in [5, 5.41) is 25.0. The normalized spacial score (nSPS) is 22.3. The van der Waals surface area contributed by atoms with Crippen LogP contribution in [0.2, 0.25) is 0 Å². The second kappa shape index (κ2) is 7.55. The first-order valence-corrected chi connectivity index (χ1v) is 10.6. The van der Waals surface area contributed by atoms with Crippen molar-refractivity contribution in [3.63, 3.8) is 0 Å². The summed E-state index contributed by atoms with van der Waals surface area (Å²) in [6.45, 7) is 6.15. The highest BCUT2D eigenvalue weighted by molar-refractivity contribution is 5.91. The van der Waals surface area contributed by atoms with E-state index in [-0.39, 0.29) is 22.4 Å². The van der Waals surface area contributed by atoms with Crippen molar-refractivity contribution in [2.24, 2.45) is 0 Å². The van der Waals surface area contributed by atoms with E-state index >= 15 is 0 Å². The van der Waals surface area contributed by atoms with Gasteiger partial charge < -0.3 is 15.5 Å². The molecule has 0 saturated heterocycles. The second-order valence-electron chi connectivity index (χ2n) is 9.26. The third-order valence-corrected chi connectivity index (χ3v) is 6.41. The molecule has 2 aromatic carbocycles. The number of alkyl halides is 3.